The van der Waals surface area contributed by atoms with Crippen molar-refractivity contribution in [3.8, 4) is 11.8 Å². The number of hydrogen-bond donors (Lipinski definition) is 1. The van der Waals surface area contributed by atoms with Crippen LogP contribution in [0.1, 0.15) is 52.1 Å². The number of piperidine rings is 1. The highest BCUT2D eigenvalue weighted by Crippen LogP contribution is 2.39. The lowest BCUT2D eigenvalue weighted by atomic mass is 10.1. The van der Waals surface area contributed by atoms with Crippen LogP contribution in [0.15, 0.2) is 29.3 Å². The maximum Gasteiger partial charge on any atom is 0.389 e. The lowest BCUT2D eigenvalue weighted by molar-refractivity contribution is -0.135. The summed E-state index contributed by atoms with van der Waals surface area (Å²) < 4.78 is 45.6. The fourth-order valence-corrected chi connectivity index (χ4v) is 4.89. The van der Waals surface area contributed by atoms with Crippen molar-refractivity contribution < 1.29 is 27.5 Å². The quantitative estimate of drug-likeness (QED) is 0.521. The molecule has 1 fully saturated rings. The van der Waals surface area contributed by atoms with Gasteiger partial charge in [-0.05, 0) is 31.4 Å². The smallest absolute Gasteiger partial charge is 0.389 e. The number of anilines is 1. The van der Waals surface area contributed by atoms with Gasteiger partial charge in [-0.15, -0.1) is 0 Å². The van der Waals surface area contributed by atoms with Gasteiger partial charge in [0.25, 0.3) is 5.91 Å². The SMILES string of the molecule is COc1cccc(C(=O)CN2CC=Nc3c(C#N)c(N4CCCC(N)C4)n(CCCC(F)(F)F)c3C2=O)c1. The summed E-state index contributed by atoms with van der Waals surface area (Å²) in [7, 11) is 1.48. The first kappa shape index (κ1) is 27.2. The van der Waals surface area contributed by atoms with Gasteiger partial charge in [0.1, 0.15) is 34.6 Å². The fourth-order valence-electron chi connectivity index (χ4n) is 4.89. The zero-order valence-corrected chi connectivity index (χ0v) is 21.0. The number of nitriles is 1. The number of halogens is 3. The van der Waals surface area contributed by atoms with Gasteiger partial charge >= 0.3 is 6.18 Å². The molecule has 0 spiro atoms. The summed E-state index contributed by atoms with van der Waals surface area (Å²) in [6.45, 7) is 0.508. The van der Waals surface area contributed by atoms with Crippen LogP contribution in [-0.4, -0.2) is 72.9 Å². The van der Waals surface area contributed by atoms with Crippen LogP contribution in [0.2, 0.25) is 0 Å². The number of rotatable bonds is 8. The molecule has 1 amide bonds. The molecule has 202 valence electrons. The molecule has 0 aliphatic carbocycles. The Labute approximate surface area is 218 Å². The van der Waals surface area contributed by atoms with Crippen LogP contribution >= 0.6 is 0 Å². The molecular weight excluding hydrogens is 501 g/mol. The number of nitrogens with zero attached hydrogens (tertiary/aromatic N) is 5. The largest absolute Gasteiger partial charge is 0.497 e. The number of aromatic nitrogens is 1. The van der Waals surface area contributed by atoms with Crippen molar-refractivity contribution in [3.05, 3.63) is 41.1 Å². The predicted octanol–water partition coefficient (Wildman–Crippen LogP) is 3.68. The third-order valence-electron chi connectivity index (χ3n) is 6.66. The molecule has 9 nitrogen and oxygen atoms in total. The summed E-state index contributed by atoms with van der Waals surface area (Å²) in [4.78, 5) is 34.3. The van der Waals surface area contributed by atoms with Crippen molar-refractivity contribution in [3.63, 3.8) is 0 Å². The van der Waals surface area contributed by atoms with Crippen LogP contribution in [0.4, 0.5) is 24.7 Å². The van der Waals surface area contributed by atoms with Crippen molar-refractivity contribution in [1.82, 2.24) is 9.47 Å². The van der Waals surface area contributed by atoms with Gasteiger partial charge in [-0.25, -0.2) is 0 Å². The number of benzene rings is 1. The van der Waals surface area contributed by atoms with E-state index in [-0.39, 0.29) is 54.8 Å². The molecule has 3 heterocycles. The van der Waals surface area contributed by atoms with Gasteiger partial charge in [0, 0.05) is 43.9 Å². The predicted molar refractivity (Wildman–Crippen MR) is 135 cm³/mol. The number of methoxy groups -OCH3 is 1. The van der Waals surface area contributed by atoms with Crippen molar-refractivity contribution in [1.29, 1.82) is 5.26 Å². The molecule has 2 aromatic rings. The first-order chi connectivity index (χ1) is 18.1. The Morgan fingerprint density at radius 1 is 1.34 bits per heavy atom. The summed E-state index contributed by atoms with van der Waals surface area (Å²) in [6, 6.07) is 8.47. The lowest BCUT2D eigenvalue weighted by Crippen LogP contribution is -2.44. The second-order valence-electron chi connectivity index (χ2n) is 9.38. The van der Waals surface area contributed by atoms with Crippen molar-refractivity contribution in [2.45, 2.75) is 44.4 Å². The van der Waals surface area contributed by atoms with E-state index in [1.807, 2.05) is 4.90 Å². The molecule has 2 aliphatic rings. The Bertz CT molecular complexity index is 1280. The Morgan fingerprint density at radius 3 is 2.82 bits per heavy atom. The maximum atomic E-state index is 13.8. The molecule has 1 saturated heterocycles. The number of ketones is 1. The Morgan fingerprint density at radius 2 is 2.13 bits per heavy atom. The molecule has 2 N–H and O–H groups in total. The number of hydrogen-bond acceptors (Lipinski definition) is 7. The maximum absolute atomic E-state index is 13.8. The van der Waals surface area contributed by atoms with Gasteiger partial charge in [0.15, 0.2) is 5.78 Å². The van der Waals surface area contributed by atoms with E-state index in [2.05, 4.69) is 11.1 Å². The molecular formula is C26H29F3N6O3. The average molecular weight is 531 g/mol. The van der Waals surface area contributed by atoms with Gasteiger partial charge in [-0.3, -0.25) is 14.6 Å². The molecule has 12 heteroatoms. The Balaban J connectivity index is 1.73. The van der Waals surface area contributed by atoms with Crippen molar-refractivity contribution in [2.75, 3.05) is 38.2 Å². The first-order valence-corrected chi connectivity index (χ1v) is 12.4. The molecule has 1 unspecified atom stereocenters. The minimum absolute atomic E-state index is 0.000559. The van der Waals surface area contributed by atoms with E-state index in [0.29, 0.717) is 30.2 Å². The van der Waals surface area contributed by atoms with Gasteiger partial charge in [0.2, 0.25) is 0 Å². The summed E-state index contributed by atoms with van der Waals surface area (Å²) in [5.74, 6) is -0.0819. The number of Topliss-reactive ketones (excluding diaryl/α,β-unsaturated/α-hetero) is 1. The zero-order valence-electron chi connectivity index (χ0n) is 21.0. The van der Waals surface area contributed by atoms with E-state index in [4.69, 9.17) is 10.5 Å². The number of carbonyl (C=O) groups is 2. The molecule has 1 aromatic heterocycles. The monoisotopic (exact) mass is 530 g/mol. The first-order valence-electron chi connectivity index (χ1n) is 12.4. The second-order valence-corrected chi connectivity index (χ2v) is 9.38. The molecule has 2 aliphatic heterocycles. The number of ether oxygens (including phenoxy) is 1. The molecule has 1 atom stereocenters. The van der Waals surface area contributed by atoms with E-state index in [9.17, 15) is 28.0 Å². The number of aliphatic imine (C=N–C) groups is 1. The van der Waals surface area contributed by atoms with Crippen molar-refractivity contribution >= 4 is 29.4 Å². The number of amides is 1. The van der Waals surface area contributed by atoms with E-state index in [1.54, 1.807) is 24.3 Å². The molecule has 4 rings (SSSR count). The molecule has 0 radical (unpaired) electrons. The van der Waals surface area contributed by atoms with E-state index < -0.39 is 18.5 Å². The summed E-state index contributed by atoms with van der Waals surface area (Å²) in [5.41, 5.74) is 6.73. The third-order valence-corrected chi connectivity index (χ3v) is 6.66. The van der Waals surface area contributed by atoms with Crippen molar-refractivity contribution in [2.24, 2.45) is 10.7 Å². The van der Waals surface area contributed by atoms with Crippen LogP contribution in [0, 0.1) is 11.3 Å². The van der Waals surface area contributed by atoms with E-state index in [1.165, 1.54) is 22.8 Å². The minimum atomic E-state index is -4.37. The fraction of sp³-hybridized carbons (Fsp3) is 0.462. The number of alkyl halides is 3. The highest BCUT2D eigenvalue weighted by molar-refractivity contribution is 6.07. The standard InChI is InChI=1S/C26H29F3N6O3/c1-38-19-7-2-5-17(13-19)21(36)16-34-12-9-32-22-20(14-30)24(33-10-3-6-18(31)15-33)35(23(22)25(34)37)11-4-8-26(27,28)29/h2,5,7,9,13,18H,3-4,6,8,10-12,15-16,31H2,1H3. The van der Waals surface area contributed by atoms with Gasteiger partial charge in [0.05, 0.1) is 20.2 Å². The lowest BCUT2D eigenvalue weighted by Gasteiger charge is -2.34. The van der Waals surface area contributed by atoms with Crippen LogP contribution in [0.3, 0.4) is 0 Å². The van der Waals surface area contributed by atoms with E-state index >= 15 is 0 Å². The molecule has 38 heavy (non-hydrogen) atoms. The third kappa shape index (κ3) is 5.83. The van der Waals surface area contributed by atoms with Crippen LogP contribution in [-0.2, 0) is 6.54 Å². The molecule has 0 bridgehead atoms. The van der Waals surface area contributed by atoms with Gasteiger partial charge in [-0.1, -0.05) is 12.1 Å². The van der Waals surface area contributed by atoms with Gasteiger partial charge < -0.3 is 24.8 Å². The zero-order chi connectivity index (χ0) is 27.4. The van der Waals surface area contributed by atoms with Gasteiger partial charge in [-0.2, -0.15) is 18.4 Å². The van der Waals surface area contributed by atoms with Crippen LogP contribution < -0.4 is 15.4 Å². The highest BCUT2D eigenvalue weighted by Gasteiger charge is 2.36. The second kappa shape index (κ2) is 11.3. The Hall–Kier alpha value is -3.85. The summed E-state index contributed by atoms with van der Waals surface area (Å²) in [5, 5.41) is 10.1. The van der Waals surface area contributed by atoms with Crippen LogP contribution in [0.25, 0.3) is 0 Å². The van der Waals surface area contributed by atoms with Crippen LogP contribution in [0.5, 0.6) is 5.75 Å². The summed E-state index contributed by atoms with van der Waals surface area (Å²) in [6.07, 6.45) is -2.74. The molecule has 1 aromatic carbocycles. The van der Waals surface area contributed by atoms with E-state index in [0.717, 1.165) is 12.8 Å². The topological polar surface area (TPSA) is 117 Å². The number of carbonyl (C=O) groups excluding carboxylic acids is 2. The summed E-state index contributed by atoms with van der Waals surface area (Å²) >= 11 is 0. The molecule has 0 saturated carbocycles. The Kier molecular flexibility index (Phi) is 8.06. The average Bonchev–Trinajstić information content (AvgIpc) is 3.10. The normalized spacial score (nSPS) is 17.7. The minimum Gasteiger partial charge on any atom is -0.497 e. The highest BCUT2D eigenvalue weighted by atomic mass is 19.4. The number of nitrogens with two attached hydrogens (primary N) is 1. The number of fused-ring (bicyclic) bond motifs is 1.